The lowest BCUT2D eigenvalue weighted by molar-refractivity contribution is -0.137. The van der Waals surface area contributed by atoms with Crippen LogP contribution in [0.4, 0.5) is 4.79 Å². The van der Waals surface area contributed by atoms with Crippen LogP contribution in [0.5, 0.6) is 0 Å². The van der Waals surface area contributed by atoms with Gasteiger partial charge in [-0.15, -0.1) is 0 Å². The lowest BCUT2D eigenvalue weighted by atomic mass is 9.85. The molecular formula is C16H30N2O3. The van der Waals surface area contributed by atoms with Crippen molar-refractivity contribution in [3.05, 3.63) is 0 Å². The second kappa shape index (κ2) is 8.90. The van der Waals surface area contributed by atoms with Gasteiger partial charge in [0.15, 0.2) is 0 Å². The number of rotatable bonds is 9. The highest BCUT2D eigenvalue weighted by Crippen LogP contribution is 2.26. The summed E-state index contributed by atoms with van der Waals surface area (Å²) in [7, 11) is 1.85. The summed E-state index contributed by atoms with van der Waals surface area (Å²) in [5, 5.41) is 11.7. The van der Waals surface area contributed by atoms with Crippen molar-refractivity contribution in [2.75, 3.05) is 20.1 Å². The van der Waals surface area contributed by atoms with Crippen LogP contribution in [0.25, 0.3) is 0 Å². The van der Waals surface area contributed by atoms with Gasteiger partial charge in [-0.1, -0.05) is 20.3 Å². The number of aliphatic carboxylic acids is 1. The zero-order valence-corrected chi connectivity index (χ0v) is 13.6. The molecule has 122 valence electrons. The van der Waals surface area contributed by atoms with Crippen LogP contribution >= 0.6 is 0 Å². The van der Waals surface area contributed by atoms with Gasteiger partial charge < -0.3 is 15.3 Å². The number of carboxylic acids is 1. The van der Waals surface area contributed by atoms with Gasteiger partial charge in [0.2, 0.25) is 0 Å². The number of nitrogens with zero attached hydrogens (tertiary/aromatic N) is 1. The van der Waals surface area contributed by atoms with Crippen molar-refractivity contribution in [2.24, 2.45) is 17.8 Å². The Kier molecular flexibility index (Phi) is 7.54. The first kappa shape index (κ1) is 17.8. The molecule has 0 spiro atoms. The fraction of sp³-hybridized carbons (Fsp3) is 0.875. The summed E-state index contributed by atoms with van der Waals surface area (Å²) in [6.07, 6.45) is 5.50. The van der Waals surface area contributed by atoms with Crippen molar-refractivity contribution in [1.82, 2.24) is 10.2 Å². The fourth-order valence-corrected chi connectivity index (χ4v) is 2.76. The Balaban J connectivity index is 2.21. The maximum atomic E-state index is 12.0. The number of amides is 2. The molecule has 0 heterocycles. The highest BCUT2D eigenvalue weighted by atomic mass is 16.4. The van der Waals surface area contributed by atoms with E-state index in [4.69, 9.17) is 5.11 Å². The number of carbonyl (C=O) groups is 2. The van der Waals surface area contributed by atoms with Gasteiger partial charge >= 0.3 is 12.0 Å². The van der Waals surface area contributed by atoms with E-state index < -0.39 is 5.97 Å². The molecule has 1 saturated carbocycles. The molecule has 2 amide bonds. The minimum absolute atomic E-state index is 0.0114. The Morgan fingerprint density at radius 3 is 2.43 bits per heavy atom. The molecule has 5 nitrogen and oxygen atoms in total. The zero-order valence-electron chi connectivity index (χ0n) is 13.6. The Morgan fingerprint density at radius 2 is 1.95 bits per heavy atom. The number of carboxylic acid groups (broad SMARTS) is 1. The van der Waals surface area contributed by atoms with Crippen molar-refractivity contribution in [2.45, 2.75) is 52.4 Å². The maximum Gasteiger partial charge on any atom is 0.317 e. The molecule has 1 fully saturated rings. The first-order valence-corrected chi connectivity index (χ1v) is 8.11. The first-order valence-electron chi connectivity index (χ1n) is 8.11. The van der Waals surface area contributed by atoms with E-state index in [0.717, 1.165) is 13.0 Å². The SMILES string of the molecule is CC(C)C(CCNC(=O)N(C)CC1CCC1)CCC(=O)O. The Hall–Kier alpha value is -1.26. The molecule has 0 aromatic carbocycles. The van der Waals surface area contributed by atoms with Gasteiger partial charge in [0.1, 0.15) is 0 Å². The average Bonchev–Trinajstić information content (AvgIpc) is 2.36. The van der Waals surface area contributed by atoms with E-state index in [1.54, 1.807) is 4.90 Å². The molecular weight excluding hydrogens is 268 g/mol. The van der Waals surface area contributed by atoms with Crippen LogP contribution in [-0.4, -0.2) is 42.1 Å². The van der Waals surface area contributed by atoms with Crippen molar-refractivity contribution in [1.29, 1.82) is 0 Å². The van der Waals surface area contributed by atoms with Gasteiger partial charge in [-0.2, -0.15) is 0 Å². The second-order valence-corrected chi connectivity index (χ2v) is 6.63. The maximum absolute atomic E-state index is 12.0. The van der Waals surface area contributed by atoms with Crippen LogP contribution in [0.1, 0.15) is 52.4 Å². The predicted molar refractivity (Wildman–Crippen MR) is 83.2 cm³/mol. The molecule has 1 rings (SSSR count). The third-order valence-electron chi connectivity index (χ3n) is 4.57. The van der Waals surface area contributed by atoms with Gasteiger partial charge in [-0.05, 0) is 43.4 Å². The molecule has 0 aromatic rings. The number of hydrogen-bond donors (Lipinski definition) is 2. The summed E-state index contributed by atoms with van der Waals surface area (Å²) in [5.41, 5.74) is 0. The molecule has 0 aliphatic heterocycles. The van der Waals surface area contributed by atoms with Crippen LogP contribution < -0.4 is 5.32 Å². The van der Waals surface area contributed by atoms with E-state index in [1.165, 1.54) is 19.3 Å². The van der Waals surface area contributed by atoms with Crippen LogP contribution in [-0.2, 0) is 4.79 Å². The van der Waals surface area contributed by atoms with Crippen molar-refractivity contribution < 1.29 is 14.7 Å². The number of nitrogens with one attached hydrogen (secondary N) is 1. The lowest BCUT2D eigenvalue weighted by Crippen LogP contribution is -2.41. The minimum atomic E-state index is -0.745. The van der Waals surface area contributed by atoms with Crippen LogP contribution in [0.3, 0.4) is 0 Å². The minimum Gasteiger partial charge on any atom is -0.481 e. The third kappa shape index (κ3) is 6.82. The number of carbonyl (C=O) groups excluding carboxylic acids is 1. The van der Waals surface area contributed by atoms with Gasteiger partial charge in [0, 0.05) is 26.6 Å². The Bertz CT molecular complexity index is 340. The quantitative estimate of drug-likeness (QED) is 0.687. The van der Waals surface area contributed by atoms with Gasteiger partial charge in [-0.25, -0.2) is 4.79 Å². The van der Waals surface area contributed by atoms with Gasteiger partial charge in [0.25, 0.3) is 0 Å². The Labute approximate surface area is 128 Å². The molecule has 2 N–H and O–H groups in total. The number of hydrogen-bond acceptors (Lipinski definition) is 2. The van der Waals surface area contributed by atoms with E-state index in [9.17, 15) is 9.59 Å². The van der Waals surface area contributed by atoms with Crippen molar-refractivity contribution in [3.8, 4) is 0 Å². The molecule has 1 aliphatic rings. The molecule has 0 bridgehead atoms. The molecule has 1 atom stereocenters. The average molecular weight is 298 g/mol. The highest BCUT2D eigenvalue weighted by Gasteiger charge is 2.21. The molecule has 0 aromatic heterocycles. The summed E-state index contributed by atoms with van der Waals surface area (Å²) < 4.78 is 0. The van der Waals surface area contributed by atoms with Crippen LogP contribution in [0, 0.1) is 17.8 Å². The fourth-order valence-electron chi connectivity index (χ4n) is 2.76. The van der Waals surface area contributed by atoms with Crippen molar-refractivity contribution in [3.63, 3.8) is 0 Å². The Morgan fingerprint density at radius 1 is 1.29 bits per heavy atom. The second-order valence-electron chi connectivity index (χ2n) is 6.63. The summed E-state index contributed by atoms with van der Waals surface area (Å²) in [4.78, 5) is 24.4. The topological polar surface area (TPSA) is 69.6 Å². The summed E-state index contributed by atoms with van der Waals surface area (Å²) in [5.74, 6) is 0.719. The predicted octanol–water partition coefficient (Wildman–Crippen LogP) is 2.96. The molecule has 0 radical (unpaired) electrons. The zero-order chi connectivity index (χ0) is 15.8. The first-order chi connectivity index (χ1) is 9.90. The summed E-state index contributed by atoms with van der Waals surface area (Å²) >= 11 is 0. The molecule has 21 heavy (non-hydrogen) atoms. The summed E-state index contributed by atoms with van der Waals surface area (Å²) in [6, 6.07) is -0.0114. The molecule has 5 heteroatoms. The smallest absolute Gasteiger partial charge is 0.317 e. The van der Waals surface area contributed by atoms with Crippen LogP contribution in [0.2, 0.25) is 0 Å². The standard InChI is InChI=1S/C16H30N2O3/c1-12(2)14(7-8-15(19)20)9-10-17-16(21)18(3)11-13-5-4-6-13/h12-14H,4-11H2,1-3H3,(H,17,21)(H,19,20). The van der Waals surface area contributed by atoms with E-state index in [-0.39, 0.29) is 12.5 Å². The monoisotopic (exact) mass is 298 g/mol. The molecule has 1 aliphatic carbocycles. The van der Waals surface area contributed by atoms with Crippen molar-refractivity contribution >= 4 is 12.0 Å². The molecule has 0 saturated heterocycles. The third-order valence-corrected chi connectivity index (χ3v) is 4.57. The lowest BCUT2D eigenvalue weighted by Gasteiger charge is -2.30. The van der Waals surface area contributed by atoms with E-state index >= 15 is 0 Å². The summed E-state index contributed by atoms with van der Waals surface area (Å²) in [6.45, 7) is 5.68. The van der Waals surface area contributed by atoms with Gasteiger partial charge in [-0.3, -0.25) is 4.79 Å². The van der Waals surface area contributed by atoms with Gasteiger partial charge in [0.05, 0.1) is 0 Å². The van der Waals surface area contributed by atoms with E-state index in [0.29, 0.717) is 30.7 Å². The largest absolute Gasteiger partial charge is 0.481 e. The normalized spacial score (nSPS) is 16.4. The van der Waals surface area contributed by atoms with E-state index in [2.05, 4.69) is 19.2 Å². The number of urea groups is 1. The van der Waals surface area contributed by atoms with Crippen LogP contribution in [0.15, 0.2) is 0 Å². The molecule has 1 unspecified atom stereocenters. The highest BCUT2D eigenvalue weighted by molar-refractivity contribution is 5.73. The van der Waals surface area contributed by atoms with E-state index in [1.807, 2.05) is 7.05 Å².